The highest BCUT2D eigenvalue weighted by Crippen LogP contribution is 2.73. The Morgan fingerprint density at radius 2 is 1.54 bits per heavy atom. The molecule has 0 aromatic heterocycles. The summed E-state index contributed by atoms with van der Waals surface area (Å²) in [6, 6.07) is 6.67. The number of carboxylic acid groups (broad SMARTS) is 2. The number of esters is 1. The van der Waals surface area contributed by atoms with Crippen LogP contribution in [0.2, 0.25) is 0 Å². The lowest BCUT2D eigenvalue weighted by Crippen LogP contribution is -2.69. The molecule has 18 atom stereocenters. The maximum atomic E-state index is 13.9. The van der Waals surface area contributed by atoms with E-state index in [0.29, 0.717) is 12.0 Å². The highest BCUT2D eigenvalue weighted by molar-refractivity contribution is 5.99. The number of nitrogens with one attached hydrogen (secondary N) is 1. The van der Waals surface area contributed by atoms with Gasteiger partial charge in [-0.25, -0.2) is 0 Å². The van der Waals surface area contributed by atoms with Crippen LogP contribution in [0.5, 0.6) is 0 Å². The van der Waals surface area contributed by atoms with Crippen molar-refractivity contribution in [3.8, 4) is 0 Å². The lowest BCUT2D eigenvalue weighted by molar-refractivity contribution is -0.351. The van der Waals surface area contributed by atoms with Gasteiger partial charge in [0.1, 0.15) is 36.6 Å². The second-order valence-electron chi connectivity index (χ2n) is 20.1. The van der Waals surface area contributed by atoms with Crippen molar-refractivity contribution in [2.24, 2.45) is 34.0 Å². The molecule has 19 nitrogen and oxygen atoms in total. The Kier molecular flexibility index (Phi) is 14.0. The Morgan fingerprint density at radius 1 is 0.877 bits per heavy atom. The van der Waals surface area contributed by atoms with Crippen LogP contribution in [0, 0.1) is 34.0 Å². The number of aliphatic hydroxyl groups is 7. The highest BCUT2D eigenvalue weighted by atomic mass is 16.7. The zero-order valence-electron chi connectivity index (χ0n) is 37.1. The van der Waals surface area contributed by atoms with Gasteiger partial charge in [-0.3, -0.25) is 19.2 Å². The fourth-order valence-electron chi connectivity index (χ4n) is 12.6. The van der Waals surface area contributed by atoms with Gasteiger partial charge in [0.15, 0.2) is 24.1 Å². The summed E-state index contributed by atoms with van der Waals surface area (Å²) in [5.41, 5.74) is -5.18. The van der Waals surface area contributed by atoms with Crippen molar-refractivity contribution < 1.29 is 88.8 Å². The van der Waals surface area contributed by atoms with Crippen LogP contribution in [-0.4, -0.2) is 156 Å². The third kappa shape index (κ3) is 8.64. The maximum Gasteiger partial charge on any atom is 0.321 e. The maximum absolute atomic E-state index is 13.9. The molecule has 0 radical (unpaired) electrons. The van der Waals surface area contributed by atoms with Gasteiger partial charge in [-0.2, -0.15) is 0 Å². The van der Waals surface area contributed by atoms with Crippen molar-refractivity contribution in [3.63, 3.8) is 0 Å². The first-order valence-electron chi connectivity index (χ1n) is 22.6. The van der Waals surface area contributed by atoms with E-state index in [0.717, 1.165) is 0 Å². The average molecular weight is 920 g/mol. The SMILES string of the molecule is C=C1[C@H](O)[C@]23CC[C@H]4C(C(=O)O)(C(=O)O)C[C@@H](O[C@@H]5O[C@H](CO)[C@@H](O[C@@H]6O[C@@H](C)[C@H](O)[C@@H](O)[C@H]6O)[C@H](OC(=O)CC(O)c6ccccc6)[C@H]5NC(=O)CC(C)C)C[C@]4(C)[C@H]2CC[C@@]1(O)C3. The quantitative estimate of drug-likeness (QED) is 0.0531. The molecule has 1 aromatic carbocycles. The number of ether oxygens (including phenoxy) is 5. The first kappa shape index (κ1) is 49.3. The van der Waals surface area contributed by atoms with E-state index < -0.39 is 157 Å². The second kappa shape index (κ2) is 18.5. The van der Waals surface area contributed by atoms with E-state index >= 15 is 0 Å². The molecule has 6 aliphatic rings. The van der Waals surface area contributed by atoms with Crippen molar-refractivity contribution in [3.05, 3.63) is 48.0 Å². The van der Waals surface area contributed by atoms with Gasteiger partial charge >= 0.3 is 17.9 Å². The molecule has 10 N–H and O–H groups in total. The van der Waals surface area contributed by atoms with Crippen molar-refractivity contribution in [2.45, 2.75) is 171 Å². The van der Waals surface area contributed by atoms with E-state index in [1.165, 1.54) is 6.92 Å². The molecular weight excluding hydrogens is 854 g/mol. The topological polar surface area (TPSA) is 309 Å². The third-order valence-electron chi connectivity index (χ3n) is 15.7. The Bertz CT molecular complexity index is 1940. The van der Waals surface area contributed by atoms with Gasteiger partial charge in [0, 0.05) is 18.3 Å². The van der Waals surface area contributed by atoms with Gasteiger partial charge in [0.25, 0.3) is 0 Å². The minimum absolute atomic E-state index is 0.0359. The van der Waals surface area contributed by atoms with E-state index in [1.54, 1.807) is 51.1 Å². The summed E-state index contributed by atoms with van der Waals surface area (Å²) in [4.78, 5) is 54.7. The largest absolute Gasteiger partial charge is 0.480 e. The predicted molar refractivity (Wildman–Crippen MR) is 223 cm³/mol. The van der Waals surface area contributed by atoms with E-state index in [9.17, 15) is 65.1 Å². The van der Waals surface area contributed by atoms with Gasteiger partial charge in [0.05, 0.1) is 43.0 Å². The molecule has 65 heavy (non-hydrogen) atoms. The van der Waals surface area contributed by atoms with Crippen molar-refractivity contribution >= 4 is 23.8 Å². The summed E-state index contributed by atoms with van der Waals surface area (Å²) >= 11 is 0. The summed E-state index contributed by atoms with van der Waals surface area (Å²) in [5.74, 6) is -6.44. The zero-order valence-corrected chi connectivity index (χ0v) is 37.1. The number of fused-ring (bicyclic) bond motifs is 3. The average Bonchev–Trinajstić information content (AvgIpc) is 3.38. The van der Waals surface area contributed by atoms with Crippen molar-refractivity contribution in [1.82, 2.24) is 5.32 Å². The minimum Gasteiger partial charge on any atom is -0.480 e. The van der Waals surface area contributed by atoms with E-state index in [1.807, 2.05) is 0 Å². The van der Waals surface area contributed by atoms with Crippen molar-refractivity contribution in [1.29, 1.82) is 0 Å². The van der Waals surface area contributed by atoms with Crippen LogP contribution in [0.25, 0.3) is 0 Å². The van der Waals surface area contributed by atoms with E-state index in [2.05, 4.69) is 11.9 Å². The number of amides is 1. The number of hydrogen-bond acceptors (Lipinski definition) is 16. The molecule has 1 spiro atoms. The molecule has 7 rings (SSSR count). The first-order chi connectivity index (χ1) is 30.5. The number of aliphatic carboxylic acids is 2. The van der Waals surface area contributed by atoms with Crippen LogP contribution < -0.4 is 5.32 Å². The molecule has 19 heteroatoms. The molecule has 1 aromatic rings. The fraction of sp³-hybridized carbons (Fsp3) is 0.739. The van der Waals surface area contributed by atoms with Crippen LogP contribution in [0.3, 0.4) is 0 Å². The predicted octanol–water partition coefficient (Wildman–Crippen LogP) is 0.682. The summed E-state index contributed by atoms with van der Waals surface area (Å²) in [6.45, 7) is 9.91. The molecule has 1 unspecified atom stereocenters. The standard InChI is InChI=1S/C46H65NO18/c1-21(2)15-30(50)47-32-37(64-31(51)16-26(49)24-9-7-6-8-10-24)36(65-40-35(54)34(53)33(52)23(4)61-40)27(19-48)63-39(32)62-25-17-43(5)28-12-14-45(60)20-44(28,38(55)22(45)3)13-11-29(43)46(18-25,41(56)57)42(58)59/h6-10,21,23,25-29,32-40,48-49,52-55,60H,3,11-20H2,1-2,4-5H3,(H,47,50)(H,56,57)(H,58,59)/t23-,25-,26?,27+,28+,29+,32+,33-,34+,35+,36+,37+,38-,39+,40-,43+,44-,45+/m0/s1. The van der Waals surface area contributed by atoms with E-state index in [4.69, 9.17) is 23.7 Å². The Balaban J connectivity index is 1.28. The Morgan fingerprint density at radius 3 is 2.17 bits per heavy atom. The zero-order chi connectivity index (χ0) is 47.6. The first-order valence-corrected chi connectivity index (χ1v) is 22.6. The van der Waals surface area contributed by atoms with Crippen LogP contribution in [0.1, 0.15) is 97.1 Å². The summed E-state index contributed by atoms with van der Waals surface area (Å²) in [5, 5.41) is 102. The van der Waals surface area contributed by atoms with E-state index in [-0.39, 0.29) is 50.0 Å². The second-order valence-corrected chi connectivity index (χ2v) is 20.1. The number of carboxylic acids is 2. The Hall–Kier alpha value is -3.60. The molecular formula is C46H65NO18. The van der Waals surface area contributed by atoms with Crippen LogP contribution in [0.15, 0.2) is 42.5 Å². The lowest BCUT2D eigenvalue weighted by Gasteiger charge is -2.64. The van der Waals surface area contributed by atoms with Gasteiger partial charge in [-0.1, -0.05) is 57.7 Å². The molecule has 2 bridgehead atoms. The number of hydrogen-bond donors (Lipinski definition) is 10. The van der Waals surface area contributed by atoms with Crippen LogP contribution in [0.4, 0.5) is 0 Å². The normalized spacial score (nSPS) is 42.6. The van der Waals surface area contributed by atoms with Gasteiger partial charge < -0.3 is 75.0 Å². The number of benzene rings is 1. The smallest absolute Gasteiger partial charge is 0.321 e. The lowest BCUT2D eigenvalue weighted by atomic mass is 9.40. The fourth-order valence-corrected chi connectivity index (χ4v) is 12.6. The molecule has 6 fully saturated rings. The molecule has 4 aliphatic carbocycles. The highest BCUT2D eigenvalue weighted by Gasteiger charge is 2.74. The van der Waals surface area contributed by atoms with Crippen molar-refractivity contribution in [2.75, 3.05) is 6.61 Å². The number of carbonyl (C=O) groups excluding carboxylic acids is 2. The minimum atomic E-state index is -2.42. The molecule has 1 amide bonds. The number of aliphatic hydroxyl groups excluding tert-OH is 6. The summed E-state index contributed by atoms with van der Waals surface area (Å²) in [6.07, 6.45) is -18.4. The van der Waals surface area contributed by atoms with Gasteiger partial charge in [-0.15, -0.1) is 0 Å². The Labute approximate surface area is 376 Å². The number of carbonyl (C=O) groups is 4. The van der Waals surface area contributed by atoms with Gasteiger partial charge in [0.2, 0.25) is 5.91 Å². The van der Waals surface area contributed by atoms with Crippen LogP contribution in [-0.2, 0) is 42.9 Å². The van der Waals surface area contributed by atoms with Crippen LogP contribution >= 0.6 is 0 Å². The molecule has 2 aliphatic heterocycles. The third-order valence-corrected chi connectivity index (χ3v) is 15.7. The molecule has 2 heterocycles. The van der Waals surface area contributed by atoms with Gasteiger partial charge in [-0.05, 0) is 79.8 Å². The summed E-state index contributed by atoms with van der Waals surface area (Å²) in [7, 11) is 0. The molecule has 4 saturated carbocycles. The summed E-state index contributed by atoms with van der Waals surface area (Å²) < 4.78 is 31.0. The molecule has 362 valence electrons. The number of rotatable bonds is 14. The molecule has 2 saturated heterocycles. The monoisotopic (exact) mass is 919 g/mol.